The molecule has 0 amide bonds. The minimum atomic E-state index is -0.136. The average molecular weight is 281 g/mol. The van der Waals surface area contributed by atoms with Crippen molar-refractivity contribution in [2.24, 2.45) is 16.7 Å². The Balaban J connectivity index is 2.30. The number of hydrogen-bond donors (Lipinski definition) is 0. The monoisotopic (exact) mass is 281 g/mol. The predicted molar refractivity (Wildman–Crippen MR) is 81.4 cm³/mol. The zero-order valence-electron chi connectivity index (χ0n) is 13.7. The minimum Gasteiger partial charge on any atom is -0.385 e. The first kappa shape index (κ1) is 17.5. The van der Waals surface area contributed by atoms with E-state index in [0.717, 1.165) is 44.8 Å². The Labute approximate surface area is 124 Å². The van der Waals surface area contributed by atoms with Gasteiger partial charge in [-0.15, -0.1) is 0 Å². The molecule has 1 aliphatic carbocycles. The second-order valence-corrected chi connectivity index (χ2v) is 7.24. The van der Waals surface area contributed by atoms with Crippen LogP contribution in [0.5, 0.6) is 0 Å². The van der Waals surface area contributed by atoms with Crippen molar-refractivity contribution in [2.75, 3.05) is 26.9 Å². The molecular formula is C17H31NO2. The van der Waals surface area contributed by atoms with E-state index < -0.39 is 0 Å². The summed E-state index contributed by atoms with van der Waals surface area (Å²) < 4.78 is 10.6. The van der Waals surface area contributed by atoms with Crippen LogP contribution in [-0.2, 0) is 9.47 Å². The predicted octanol–water partition coefficient (Wildman–Crippen LogP) is 4.18. The zero-order valence-corrected chi connectivity index (χ0v) is 13.7. The van der Waals surface area contributed by atoms with Crippen LogP contribution in [0.4, 0.5) is 0 Å². The summed E-state index contributed by atoms with van der Waals surface area (Å²) in [5.74, 6) is 0.756. The second-order valence-electron chi connectivity index (χ2n) is 7.24. The lowest BCUT2D eigenvalue weighted by Crippen LogP contribution is -2.32. The van der Waals surface area contributed by atoms with E-state index in [-0.39, 0.29) is 5.41 Å². The van der Waals surface area contributed by atoms with E-state index in [0.29, 0.717) is 12.0 Å². The highest BCUT2D eigenvalue weighted by molar-refractivity contribution is 5.02. The number of methoxy groups -OCH3 is 1. The Bertz CT molecular complexity index is 306. The van der Waals surface area contributed by atoms with Crippen LogP contribution in [0.15, 0.2) is 0 Å². The summed E-state index contributed by atoms with van der Waals surface area (Å²) in [4.78, 5) is 0. The summed E-state index contributed by atoms with van der Waals surface area (Å²) in [6.45, 7) is 9.13. The Morgan fingerprint density at radius 2 is 1.80 bits per heavy atom. The van der Waals surface area contributed by atoms with Crippen LogP contribution in [0.2, 0.25) is 0 Å². The first-order valence-electron chi connectivity index (χ1n) is 7.91. The molecule has 3 heteroatoms. The topological polar surface area (TPSA) is 42.2 Å². The van der Waals surface area contributed by atoms with Crippen molar-refractivity contribution in [3.05, 3.63) is 0 Å². The van der Waals surface area contributed by atoms with Crippen molar-refractivity contribution in [3.63, 3.8) is 0 Å². The number of hydrogen-bond acceptors (Lipinski definition) is 3. The summed E-state index contributed by atoms with van der Waals surface area (Å²) in [6.07, 6.45) is 6.25. The number of nitriles is 1. The van der Waals surface area contributed by atoms with Gasteiger partial charge in [-0.05, 0) is 49.9 Å². The van der Waals surface area contributed by atoms with Gasteiger partial charge >= 0.3 is 0 Å². The van der Waals surface area contributed by atoms with Gasteiger partial charge in [0.2, 0.25) is 0 Å². The van der Waals surface area contributed by atoms with Crippen molar-refractivity contribution in [1.82, 2.24) is 0 Å². The molecule has 0 spiro atoms. The number of ether oxygens (including phenoxy) is 2. The van der Waals surface area contributed by atoms with Gasteiger partial charge in [0.15, 0.2) is 0 Å². The smallest absolute Gasteiger partial charge is 0.0690 e. The van der Waals surface area contributed by atoms with Gasteiger partial charge in [-0.25, -0.2) is 0 Å². The van der Waals surface area contributed by atoms with Gasteiger partial charge < -0.3 is 9.47 Å². The van der Waals surface area contributed by atoms with E-state index in [4.69, 9.17) is 9.47 Å². The van der Waals surface area contributed by atoms with Gasteiger partial charge in [0, 0.05) is 26.9 Å². The van der Waals surface area contributed by atoms with Crippen LogP contribution in [0, 0.1) is 28.1 Å². The molecule has 0 aromatic carbocycles. The molecule has 0 atom stereocenters. The van der Waals surface area contributed by atoms with E-state index >= 15 is 0 Å². The minimum absolute atomic E-state index is 0.136. The summed E-state index contributed by atoms with van der Waals surface area (Å²) >= 11 is 0. The fourth-order valence-electron chi connectivity index (χ4n) is 3.13. The SMILES string of the molecule is COCCCOCCC1(C#N)CCC(C(C)(C)C)CC1. The van der Waals surface area contributed by atoms with E-state index in [2.05, 4.69) is 26.8 Å². The number of rotatable bonds is 7. The Kier molecular flexibility index (Phi) is 6.99. The van der Waals surface area contributed by atoms with E-state index in [9.17, 15) is 5.26 Å². The maximum absolute atomic E-state index is 9.55. The Hall–Kier alpha value is -0.590. The Morgan fingerprint density at radius 1 is 1.15 bits per heavy atom. The molecule has 0 bridgehead atoms. The van der Waals surface area contributed by atoms with Gasteiger partial charge in [-0.3, -0.25) is 0 Å². The van der Waals surface area contributed by atoms with E-state index in [1.165, 1.54) is 12.8 Å². The molecule has 0 aromatic heterocycles. The van der Waals surface area contributed by atoms with Crippen LogP contribution in [0.1, 0.15) is 59.3 Å². The molecule has 0 aliphatic heterocycles. The molecule has 1 fully saturated rings. The van der Waals surface area contributed by atoms with Crippen LogP contribution < -0.4 is 0 Å². The van der Waals surface area contributed by atoms with Crippen LogP contribution in [-0.4, -0.2) is 26.9 Å². The second kappa shape index (κ2) is 8.00. The average Bonchev–Trinajstić information content (AvgIpc) is 2.42. The van der Waals surface area contributed by atoms with Crippen molar-refractivity contribution >= 4 is 0 Å². The molecule has 0 radical (unpaired) electrons. The quantitative estimate of drug-likeness (QED) is 0.657. The molecule has 0 aromatic rings. The fraction of sp³-hybridized carbons (Fsp3) is 0.941. The molecule has 0 N–H and O–H groups in total. The van der Waals surface area contributed by atoms with Crippen molar-refractivity contribution < 1.29 is 9.47 Å². The van der Waals surface area contributed by atoms with Gasteiger partial charge in [0.25, 0.3) is 0 Å². The first-order chi connectivity index (χ1) is 9.43. The van der Waals surface area contributed by atoms with Gasteiger partial charge in [0.05, 0.1) is 11.5 Å². The molecule has 1 aliphatic rings. The molecule has 0 heterocycles. The van der Waals surface area contributed by atoms with E-state index in [1.54, 1.807) is 7.11 Å². The molecule has 1 saturated carbocycles. The summed E-state index contributed by atoms with van der Waals surface area (Å²) in [5, 5.41) is 9.55. The van der Waals surface area contributed by atoms with Gasteiger partial charge in [0.1, 0.15) is 0 Å². The third-order valence-corrected chi connectivity index (χ3v) is 4.77. The molecule has 1 rings (SSSR count). The van der Waals surface area contributed by atoms with Gasteiger partial charge in [-0.1, -0.05) is 20.8 Å². The zero-order chi connectivity index (χ0) is 15.1. The maximum Gasteiger partial charge on any atom is 0.0690 e. The maximum atomic E-state index is 9.55. The molecule has 20 heavy (non-hydrogen) atoms. The fourth-order valence-corrected chi connectivity index (χ4v) is 3.13. The molecule has 0 unspecified atom stereocenters. The normalized spacial score (nSPS) is 27.2. The lowest BCUT2D eigenvalue weighted by atomic mass is 9.63. The molecule has 116 valence electrons. The van der Waals surface area contributed by atoms with E-state index in [1.807, 2.05) is 0 Å². The van der Waals surface area contributed by atoms with Gasteiger partial charge in [-0.2, -0.15) is 5.26 Å². The highest BCUT2D eigenvalue weighted by Gasteiger charge is 2.38. The summed E-state index contributed by atoms with van der Waals surface area (Å²) in [5.41, 5.74) is 0.237. The molecule has 3 nitrogen and oxygen atoms in total. The van der Waals surface area contributed by atoms with Crippen LogP contribution >= 0.6 is 0 Å². The summed E-state index contributed by atoms with van der Waals surface area (Å²) in [6, 6.07) is 2.59. The van der Waals surface area contributed by atoms with Crippen molar-refractivity contribution in [1.29, 1.82) is 5.26 Å². The molecular weight excluding hydrogens is 250 g/mol. The summed E-state index contributed by atoms with van der Waals surface area (Å²) in [7, 11) is 1.71. The lowest BCUT2D eigenvalue weighted by molar-refractivity contribution is 0.0614. The third-order valence-electron chi connectivity index (χ3n) is 4.77. The standard InChI is InChI=1S/C17H31NO2/c1-16(2,3)15-6-8-17(14-18,9-7-15)10-13-20-12-5-11-19-4/h15H,5-13H2,1-4H3. The highest BCUT2D eigenvalue weighted by Crippen LogP contribution is 2.46. The number of nitrogens with zero attached hydrogens (tertiary/aromatic N) is 1. The van der Waals surface area contributed by atoms with Crippen molar-refractivity contribution in [2.45, 2.75) is 59.3 Å². The highest BCUT2D eigenvalue weighted by atomic mass is 16.5. The Morgan fingerprint density at radius 3 is 2.30 bits per heavy atom. The van der Waals surface area contributed by atoms with Crippen molar-refractivity contribution in [3.8, 4) is 6.07 Å². The largest absolute Gasteiger partial charge is 0.385 e. The molecule has 0 saturated heterocycles. The first-order valence-corrected chi connectivity index (χ1v) is 7.91. The third kappa shape index (κ3) is 5.42. The van der Waals surface area contributed by atoms with Crippen LogP contribution in [0.25, 0.3) is 0 Å². The van der Waals surface area contributed by atoms with Crippen LogP contribution in [0.3, 0.4) is 0 Å². The lowest BCUT2D eigenvalue weighted by Gasteiger charge is -2.40.